The SMILES string of the molecule is CC.CC.COC(C)(C)OCc1cc2ccn(Sc3ccccc3)c2cc1Br. The van der Waals surface area contributed by atoms with Crippen molar-refractivity contribution < 1.29 is 9.47 Å². The summed E-state index contributed by atoms with van der Waals surface area (Å²) in [5, 5.41) is 1.19. The fourth-order valence-electron chi connectivity index (χ4n) is 2.27. The molecule has 0 radical (unpaired) electrons. The van der Waals surface area contributed by atoms with Gasteiger partial charge in [-0.3, -0.25) is 3.97 Å². The monoisotopic (exact) mass is 465 g/mol. The van der Waals surface area contributed by atoms with Crippen molar-refractivity contribution in [3.63, 3.8) is 0 Å². The van der Waals surface area contributed by atoms with Crippen molar-refractivity contribution in [1.82, 2.24) is 3.97 Å². The first kappa shape index (κ1) is 24.8. The Kier molecular flexibility index (Phi) is 10.9. The number of ether oxygens (including phenoxy) is 2. The number of aromatic nitrogens is 1. The highest BCUT2D eigenvalue weighted by molar-refractivity contribution is 9.10. The molecule has 1 heterocycles. The van der Waals surface area contributed by atoms with Gasteiger partial charge in [-0.05, 0) is 61.7 Å². The first-order valence-corrected chi connectivity index (χ1v) is 11.3. The minimum Gasteiger partial charge on any atom is -0.354 e. The summed E-state index contributed by atoms with van der Waals surface area (Å²) in [6.45, 7) is 12.3. The van der Waals surface area contributed by atoms with Crippen LogP contribution in [0.2, 0.25) is 0 Å². The molecule has 0 N–H and O–H groups in total. The molecule has 0 amide bonds. The van der Waals surface area contributed by atoms with Gasteiger partial charge in [0.1, 0.15) is 0 Å². The zero-order valence-electron chi connectivity index (χ0n) is 18.0. The molecule has 154 valence electrons. The van der Waals surface area contributed by atoms with Crippen LogP contribution in [0, 0.1) is 0 Å². The molecular weight excluding hydrogens is 434 g/mol. The van der Waals surface area contributed by atoms with Gasteiger partial charge in [-0.25, -0.2) is 0 Å². The molecule has 0 saturated heterocycles. The molecule has 1 aromatic heterocycles. The molecule has 28 heavy (non-hydrogen) atoms. The normalized spacial score (nSPS) is 10.7. The summed E-state index contributed by atoms with van der Waals surface area (Å²) in [6.07, 6.45) is 2.10. The molecule has 0 saturated carbocycles. The second-order valence-electron chi connectivity index (χ2n) is 5.94. The van der Waals surface area contributed by atoms with Crippen LogP contribution in [0.4, 0.5) is 0 Å². The summed E-state index contributed by atoms with van der Waals surface area (Å²) in [5.41, 5.74) is 2.28. The highest BCUT2D eigenvalue weighted by atomic mass is 79.9. The van der Waals surface area contributed by atoms with Gasteiger partial charge >= 0.3 is 0 Å². The summed E-state index contributed by atoms with van der Waals surface area (Å²) in [7, 11) is 1.65. The number of benzene rings is 2. The zero-order valence-corrected chi connectivity index (χ0v) is 20.4. The lowest BCUT2D eigenvalue weighted by atomic mass is 10.1. The van der Waals surface area contributed by atoms with E-state index in [0.29, 0.717) is 6.61 Å². The van der Waals surface area contributed by atoms with Crippen LogP contribution in [-0.4, -0.2) is 16.9 Å². The molecule has 0 bridgehead atoms. The minimum atomic E-state index is -0.594. The van der Waals surface area contributed by atoms with Crippen LogP contribution in [0.1, 0.15) is 47.1 Å². The second-order valence-corrected chi connectivity index (χ2v) is 7.84. The van der Waals surface area contributed by atoms with Crippen LogP contribution in [0.15, 0.2) is 64.1 Å². The van der Waals surface area contributed by atoms with Crippen molar-refractivity contribution in [2.24, 2.45) is 0 Å². The number of hydrogen-bond acceptors (Lipinski definition) is 3. The van der Waals surface area contributed by atoms with Crippen LogP contribution in [-0.2, 0) is 16.1 Å². The largest absolute Gasteiger partial charge is 0.354 e. The summed E-state index contributed by atoms with van der Waals surface area (Å²) >= 11 is 5.37. The Balaban J connectivity index is 0.000000921. The molecular formula is C23H32BrNO2S. The van der Waals surface area contributed by atoms with Gasteiger partial charge in [0.25, 0.3) is 0 Å². The van der Waals surface area contributed by atoms with Crippen molar-refractivity contribution in [1.29, 1.82) is 0 Å². The summed E-state index contributed by atoms with van der Waals surface area (Å²) in [5.74, 6) is -0.594. The molecule has 3 nitrogen and oxygen atoms in total. The van der Waals surface area contributed by atoms with E-state index >= 15 is 0 Å². The number of nitrogens with zero attached hydrogens (tertiary/aromatic N) is 1. The highest BCUT2D eigenvalue weighted by Gasteiger charge is 2.17. The van der Waals surface area contributed by atoms with E-state index in [4.69, 9.17) is 9.47 Å². The third-order valence-corrected chi connectivity index (χ3v) is 5.57. The summed E-state index contributed by atoms with van der Waals surface area (Å²) < 4.78 is 14.4. The predicted molar refractivity (Wildman–Crippen MR) is 126 cm³/mol. The quantitative estimate of drug-likeness (QED) is 0.345. The number of rotatable bonds is 6. The molecule has 2 aromatic carbocycles. The molecule has 0 unspecified atom stereocenters. The van der Waals surface area contributed by atoms with Crippen LogP contribution in [0.25, 0.3) is 10.9 Å². The number of halogens is 1. The lowest BCUT2D eigenvalue weighted by Gasteiger charge is -2.23. The Morgan fingerprint density at radius 1 is 1.00 bits per heavy atom. The number of fused-ring (bicyclic) bond motifs is 1. The van der Waals surface area contributed by atoms with Gasteiger partial charge in [0.15, 0.2) is 5.79 Å². The Bertz CT molecular complexity index is 831. The van der Waals surface area contributed by atoms with Gasteiger partial charge in [-0.2, -0.15) is 0 Å². The van der Waals surface area contributed by atoms with Gasteiger partial charge in [-0.15, -0.1) is 0 Å². The molecule has 0 atom stereocenters. The topological polar surface area (TPSA) is 23.4 Å². The van der Waals surface area contributed by atoms with Gasteiger partial charge < -0.3 is 9.47 Å². The lowest BCUT2D eigenvalue weighted by molar-refractivity contribution is -0.204. The van der Waals surface area contributed by atoms with Gasteiger partial charge in [-0.1, -0.05) is 61.8 Å². The fourth-order valence-corrected chi connectivity index (χ4v) is 3.60. The molecule has 0 aliphatic carbocycles. The van der Waals surface area contributed by atoms with Crippen LogP contribution >= 0.6 is 27.9 Å². The number of hydrogen-bond donors (Lipinski definition) is 0. The van der Waals surface area contributed by atoms with Crippen LogP contribution in [0.3, 0.4) is 0 Å². The van der Waals surface area contributed by atoms with Crippen molar-refractivity contribution in [3.05, 3.63) is 64.8 Å². The lowest BCUT2D eigenvalue weighted by Crippen LogP contribution is -2.26. The van der Waals surface area contributed by atoms with Gasteiger partial charge in [0.2, 0.25) is 0 Å². The fraction of sp³-hybridized carbons (Fsp3) is 0.391. The average Bonchev–Trinajstić information content (AvgIpc) is 3.11. The maximum Gasteiger partial charge on any atom is 0.162 e. The van der Waals surface area contributed by atoms with Gasteiger partial charge in [0.05, 0.1) is 12.1 Å². The van der Waals surface area contributed by atoms with E-state index in [9.17, 15) is 0 Å². The molecule has 0 aliphatic heterocycles. The van der Waals surface area contributed by atoms with E-state index in [1.54, 1.807) is 19.1 Å². The van der Waals surface area contributed by atoms with E-state index in [2.05, 4.69) is 68.6 Å². The summed E-state index contributed by atoms with van der Waals surface area (Å²) in [6, 6.07) is 16.8. The molecule has 3 rings (SSSR count). The number of methoxy groups -OCH3 is 1. The Morgan fingerprint density at radius 2 is 1.64 bits per heavy atom. The molecule has 3 aromatic rings. The maximum atomic E-state index is 5.83. The molecule has 0 fully saturated rings. The van der Waals surface area contributed by atoms with E-state index in [1.807, 2.05) is 47.6 Å². The van der Waals surface area contributed by atoms with Crippen molar-refractivity contribution in [2.45, 2.75) is 58.8 Å². The Labute approximate surface area is 182 Å². The predicted octanol–water partition coefficient (Wildman–Crippen LogP) is 7.91. The van der Waals surface area contributed by atoms with E-state index in [1.165, 1.54) is 15.8 Å². The molecule has 0 aliphatic rings. The minimum absolute atomic E-state index is 0.494. The maximum absolute atomic E-state index is 5.83. The Hall–Kier alpha value is -1.27. The second kappa shape index (κ2) is 12.3. The van der Waals surface area contributed by atoms with Crippen molar-refractivity contribution in [3.8, 4) is 0 Å². The molecule has 0 spiro atoms. The standard InChI is InChI=1S/C19H20BrNO2S.2C2H6/c1-19(2,22-3)23-13-15-11-14-9-10-21(18(14)12-17(15)20)24-16-7-5-4-6-8-16;2*1-2/h4-12H,13H2,1-3H3;2*1-2H3. The molecule has 5 heteroatoms. The first-order chi connectivity index (χ1) is 13.5. The zero-order chi connectivity index (χ0) is 21.2. The average molecular weight is 466 g/mol. The van der Waals surface area contributed by atoms with Crippen LogP contribution in [0.5, 0.6) is 0 Å². The highest BCUT2D eigenvalue weighted by Crippen LogP contribution is 2.31. The smallest absolute Gasteiger partial charge is 0.162 e. The van der Waals surface area contributed by atoms with E-state index in [0.717, 1.165) is 10.0 Å². The van der Waals surface area contributed by atoms with Gasteiger partial charge in [0, 0.05) is 28.1 Å². The Morgan fingerprint density at radius 3 is 2.25 bits per heavy atom. The summed E-state index contributed by atoms with van der Waals surface area (Å²) in [4.78, 5) is 1.21. The third-order valence-electron chi connectivity index (χ3n) is 3.84. The van der Waals surface area contributed by atoms with Crippen LogP contribution < -0.4 is 0 Å². The van der Waals surface area contributed by atoms with E-state index in [-0.39, 0.29) is 0 Å². The van der Waals surface area contributed by atoms with E-state index < -0.39 is 5.79 Å². The van der Waals surface area contributed by atoms with Crippen molar-refractivity contribution >= 4 is 38.8 Å². The third kappa shape index (κ3) is 6.96. The first-order valence-electron chi connectivity index (χ1n) is 9.70. The van der Waals surface area contributed by atoms with Crippen molar-refractivity contribution in [2.75, 3.05) is 7.11 Å².